The molecular formula is C15H13BrCl2O2. The van der Waals surface area contributed by atoms with Crippen molar-refractivity contribution in [2.75, 3.05) is 0 Å². The van der Waals surface area contributed by atoms with E-state index < -0.39 is 6.10 Å². The zero-order valence-electron chi connectivity index (χ0n) is 10.7. The van der Waals surface area contributed by atoms with Crippen molar-refractivity contribution in [1.82, 2.24) is 0 Å². The first-order valence-corrected chi connectivity index (χ1v) is 7.56. The topological polar surface area (TPSA) is 29.5 Å². The van der Waals surface area contributed by atoms with Crippen LogP contribution in [0.25, 0.3) is 0 Å². The summed E-state index contributed by atoms with van der Waals surface area (Å²) in [7, 11) is 0. The zero-order chi connectivity index (χ0) is 14.7. The summed E-state index contributed by atoms with van der Waals surface area (Å²) in [5.41, 5.74) is 1.66. The van der Waals surface area contributed by atoms with Crippen LogP contribution in [0.5, 0.6) is 5.75 Å². The second kappa shape index (κ2) is 6.81. The molecule has 0 aromatic heterocycles. The Labute approximate surface area is 136 Å². The number of hydrogen-bond donors (Lipinski definition) is 1. The summed E-state index contributed by atoms with van der Waals surface area (Å²) in [5, 5.41) is 10.8. The lowest BCUT2D eigenvalue weighted by atomic mass is 10.1. The van der Waals surface area contributed by atoms with Gasteiger partial charge in [-0.25, -0.2) is 0 Å². The Morgan fingerprint density at radius 3 is 2.55 bits per heavy atom. The van der Waals surface area contributed by atoms with Crippen LogP contribution in [-0.4, -0.2) is 5.11 Å². The first kappa shape index (κ1) is 15.6. The van der Waals surface area contributed by atoms with Gasteiger partial charge in [-0.05, 0) is 36.8 Å². The molecule has 0 spiro atoms. The molecule has 0 heterocycles. The fourth-order valence-corrected chi connectivity index (χ4v) is 2.43. The highest BCUT2D eigenvalue weighted by molar-refractivity contribution is 9.10. The summed E-state index contributed by atoms with van der Waals surface area (Å²) in [6, 6.07) is 10.9. The second-order valence-corrected chi connectivity index (χ2v) is 6.13. The molecule has 20 heavy (non-hydrogen) atoms. The molecule has 0 radical (unpaired) electrons. The van der Waals surface area contributed by atoms with E-state index in [4.69, 9.17) is 27.9 Å². The maximum absolute atomic E-state index is 9.74. The molecule has 2 aromatic carbocycles. The fourth-order valence-electron chi connectivity index (χ4n) is 1.77. The number of aliphatic hydroxyl groups excluding tert-OH is 1. The van der Waals surface area contributed by atoms with Gasteiger partial charge in [0.2, 0.25) is 0 Å². The number of halogens is 3. The van der Waals surface area contributed by atoms with Crippen LogP contribution in [0.15, 0.2) is 40.9 Å². The minimum absolute atomic E-state index is 0.354. The first-order valence-electron chi connectivity index (χ1n) is 6.01. The number of ether oxygens (including phenoxy) is 1. The smallest absolute Gasteiger partial charge is 0.126 e. The lowest BCUT2D eigenvalue weighted by Gasteiger charge is -2.14. The molecule has 0 unspecified atom stereocenters. The second-order valence-electron chi connectivity index (χ2n) is 4.40. The van der Waals surface area contributed by atoms with E-state index in [1.54, 1.807) is 19.1 Å². The van der Waals surface area contributed by atoms with E-state index in [1.165, 1.54) is 0 Å². The third-order valence-electron chi connectivity index (χ3n) is 2.80. The van der Waals surface area contributed by atoms with Crippen LogP contribution >= 0.6 is 39.1 Å². The Hall–Kier alpha value is -0.740. The monoisotopic (exact) mass is 374 g/mol. The molecule has 2 nitrogen and oxygen atoms in total. The molecule has 0 saturated heterocycles. The highest BCUT2D eigenvalue weighted by Gasteiger charge is 2.10. The van der Waals surface area contributed by atoms with Gasteiger partial charge in [0.05, 0.1) is 16.1 Å². The van der Waals surface area contributed by atoms with Gasteiger partial charge in [0.15, 0.2) is 0 Å². The standard InChI is InChI=1S/C15H13BrCl2O2/c1-9(19)12-4-3-11(16)7-15(12)20-8-10-2-5-13(17)14(18)6-10/h2-7,9,19H,8H2,1H3/t9-/m1/s1. The number of rotatable bonds is 4. The van der Waals surface area contributed by atoms with Crippen LogP contribution in [0, 0.1) is 0 Å². The summed E-state index contributed by atoms with van der Waals surface area (Å²) >= 11 is 15.2. The van der Waals surface area contributed by atoms with Crippen LogP contribution in [0.2, 0.25) is 10.0 Å². The van der Waals surface area contributed by atoms with E-state index in [0.29, 0.717) is 22.4 Å². The van der Waals surface area contributed by atoms with Crippen LogP contribution in [0.4, 0.5) is 0 Å². The SMILES string of the molecule is C[C@@H](O)c1ccc(Br)cc1OCc1ccc(Cl)c(Cl)c1. The predicted octanol–water partition coefficient (Wildman–Crippen LogP) is 5.39. The molecule has 0 bridgehead atoms. The van der Waals surface area contributed by atoms with Crippen molar-refractivity contribution in [2.45, 2.75) is 19.6 Å². The van der Waals surface area contributed by atoms with E-state index in [1.807, 2.05) is 24.3 Å². The molecule has 0 aliphatic carbocycles. The van der Waals surface area contributed by atoms with Gasteiger partial charge in [-0.1, -0.05) is 51.3 Å². The van der Waals surface area contributed by atoms with Gasteiger partial charge < -0.3 is 9.84 Å². The average molecular weight is 376 g/mol. The molecule has 1 atom stereocenters. The molecule has 5 heteroatoms. The van der Waals surface area contributed by atoms with Gasteiger partial charge in [0.25, 0.3) is 0 Å². The highest BCUT2D eigenvalue weighted by atomic mass is 79.9. The van der Waals surface area contributed by atoms with Crippen molar-refractivity contribution in [3.8, 4) is 5.75 Å². The largest absolute Gasteiger partial charge is 0.488 e. The summed E-state index contributed by atoms with van der Waals surface area (Å²) in [6.07, 6.45) is -0.591. The molecule has 0 fully saturated rings. The van der Waals surface area contributed by atoms with Crippen LogP contribution in [0.1, 0.15) is 24.2 Å². The first-order chi connectivity index (χ1) is 9.47. The van der Waals surface area contributed by atoms with E-state index in [2.05, 4.69) is 15.9 Å². The summed E-state index contributed by atoms with van der Waals surface area (Å²) in [5.74, 6) is 0.639. The average Bonchev–Trinajstić information content (AvgIpc) is 2.40. The minimum Gasteiger partial charge on any atom is -0.488 e. The van der Waals surface area contributed by atoms with Gasteiger partial charge >= 0.3 is 0 Å². The fraction of sp³-hybridized carbons (Fsp3) is 0.200. The molecule has 2 aromatic rings. The molecule has 2 rings (SSSR count). The van der Waals surface area contributed by atoms with Crippen LogP contribution in [0.3, 0.4) is 0 Å². The summed E-state index contributed by atoms with van der Waals surface area (Å²) < 4.78 is 6.66. The molecule has 0 aliphatic heterocycles. The van der Waals surface area contributed by atoms with Gasteiger partial charge in [-0.3, -0.25) is 0 Å². The van der Waals surface area contributed by atoms with E-state index >= 15 is 0 Å². The van der Waals surface area contributed by atoms with Crippen molar-refractivity contribution in [1.29, 1.82) is 0 Å². The Kier molecular flexibility index (Phi) is 5.33. The number of aliphatic hydroxyl groups is 1. The third-order valence-corrected chi connectivity index (χ3v) is 4.04. The van der Waals surface area contributed by atoms with Crippen LogP contribution in [-0.2, 0) is 6.61 Å². The molecule has 106 valence electrons. The van der Waals surface area contributed by atoms with Crippen molar-refractivity contribution in [2.24, 2.45) is 0 Å². The Bertz CT molecular complexity index is 615. The van der Waals surface area contributed by atoms with Crippen molar-refractivity contribution >= 4 is 39.1 Å². The Balaban J connectivity index is 2.17. The Morgan fingerprint density at radius 1 is 1.15 bits per heavy atom. The number of hydrogen-bond acceptors (Lipinski definition) is 2. The maximum Gasteiger partial charge on any atom is 0.126 e. The van der Waals surface area contributed by atoms with Gasteiger partial charge in [-0.15, -0.1) is 0 Å². The normalized spacial score (nSPS) is 12.2. The van der Waals surface area contributed by atoms with E-state index in [-0.39, 0.29) is 0 Å². The van der Waals surface area contributed by atoms with E-state index in [9.17, 15) is 5.11 Å². The molecule has 1 N–H and O–H groups in total. The molecule has 0 saturated carbocycles. The van der Waals surface area contributed by atoms with Crippen molar-refractivity contribution in [3.05, 3.63) is 62.0 Å². The van der Waals surface area contributed by atoms with E-state index in [0.717, 1.165) is 15.6 Å². The lowest BCUT2D eigenvalue weighted by molar-refractivity contribution is 0.190. The minimum atomic E-state index is -0.591. The van der Waals surface area contributed by atoms with Crippen molar-refractivity contribution < 1.29 is 9.84 Å². The van der Waals surface area contributed by atoms with Gasteiger partial charge in [0, 0.05) is 10.0 Å². The molecule has 0 amide bonds. The lowest BCUT2D eigenvalue weighted by Crippen LogP contribution is -2.01. The van der Waals surface area contributed by atoms with Gasteiger partial charge in [-0.2, -0.15) is 0 Å². The molecule has 0 aliphatic rings. The van der Waals surface area contributed by atoms with Crippen LogP contribution < -0.4 is 4.74 Å². The quantitative estimate of drug-likeness (QED) is 0.776. The van der Waals surface area contributed by atoms with Crippen molar-refractivity contribution in [3.63, 3.8) is 0 Å². The van der Waals surface area contributed by atoms with Gasteiger partial charge in [0.1, 0.15) is 12.4 Å². The summed E-state index contributed by atoms with van der Waals surface area (Å²) in [4.78, 5) is 0. The molecular weight excluding hydrogens is 363 g/mol. The predicted molar refractivity (Wildman–Crippen MR) is 85.6 cm³/mol. The Morgan fingerprint density at radius 2 is 1.90 bits per heavy atom. The third kappa shape index (κ3) is 3.89. The highest BCUT2D eigenvalue weighted by Crippen LogP contribution is 2.30. The summed E-state index contributed by atoms with van der Waals surface area (Å²) in [6.45, 7) is 2.06. The number of benzene rings is 2. The maximum atomic E-state index is 9.74. The zero-order valence-corrected chi connectivity index (χ0v) is 13.8.